The monoisotopic (exact) mass is 420 g/mol. The van der Waals surface area contributed by atoms with Crippen LogP contribution in [0.25, 0.3) is 0 Å². The van der Waals surface area contributed by atoms with Gasteiger partial charge in [0, 0.05) is 6.07 Å². The third-order valence-corrected chi connectivity index (χ3v) is 5.73. The Hall–Kier alpha value is -2.74. The second-order valence-electron chi connectivity index (χ2n) is 6.73. The molecule has 1 atom stereocenters. The Morgan fingerprint density at radius 2 is 1.86 bits per heavy atom. The number of sulfonamides is 1. The quantitative estimate of drug-likeness (QED) is 0.674. The van der Waals surface area contributed by atoms with Crippen LogP contribution in [-0.4, -0.2) is 41.3 Å². The molecule has 1 unspecified atom stereocenters. The Bertz CT molecular complexity index is 959. The smallest absolute Gasteiger partial charge is 0.241 e. The highest BCUT2D eigenvalue weighted by Gasteiger charge is 2.23. The lowest BCUT2D eigenvalue weighted by Gasteiger charge is -2.24. The van der Waals surface area contributed by atoms with Crippen molar-refractivity contribution in [3.8, 4) is 11.5 Å². The number of carbonyl (C=O) groups is 1. The van der Waals surface area contributed by atoms with Crippen LogP contribution >= 0.6 is 0 Å². The van der Waals surface area contributed by atoms with E-state index < -0.39 is 15.9 Å². The fourth-order valence-electron chi connectivity index (χ4n) is 3.08. The number of nitrogens with one attached hydrogen (secondary N) is 1. The van der Waals surface area contributed by atoms with Crippen LogP contribution in [0, 0.1) is 6.92 Å². The van der Waals surface area contributed by atoms with Gasteiger partial charge in [0.05, 0.1) is 32.2 Å². The Kier molecular flexibility index (Phi) is 7.50. The summed E-state index contributed by atoms with van der Waals surface area (Å²) >= 11 is 0. The van der Waals surface area contributed by atoms with Crippen molar-refractivity contribution in [1.82, 2.24) is 5.32 Å². The zero-order valence-electron chi connectivity index (χ0n) is 17.4. The van der Waals surface area contributed by atoms with E-state index in [1.54, 1.807) is 31.4 Å². The largest absolute Gasteiger partial charge is 0.497 e. The molecule has 0 bridgehead atoms. The number of methoxy groups -OCH3 is 2. The summed E-state index contributed by atoms with van der Waals surface area (Å²) in [6.07, 6.45) is 1.74. The Morgan fingerprint density at radius 1 is 1.14 bits per heavy atom. The fourth-order valence-corrected chi connectivity index (χ4v) is 3.92. The summed E-state index contributed by atoms with van der Waals surface area (Å²) < 4.78 is 36.1. The average molecular weight is 421 g/mol. The van der Waals surface area contributed by atoms with E-state index in [-0.39, 0.29) is 12.6 Å². The van der Waals surface area contributed by atoms with Crippen LogP contribution in [0.3, 0.4) is 0 Å². The third kappa shape index (κ3) is 5.87. The maximum atomic E-state index is 12.7. The molecule has 1 amide bonds. The van der Waals surface area contributed by atoms with Gasteiger partial charge in [0.1, 0.15) is 18.0 Å². The average Bonchev–Trinajstić information content (AvgIpc) is 2.69. The van der Waals surface area contributed by atoms with Crippen molar-refractivity contribution in [2.45, 2.75) is 26.3 Å². The first kappa shape index (κ1) is 22.5. The number of anilines is 1. The summed E-state index contributed by atoms with van der Waals surface area (Å²) in [6.45, 7) is 3.57. The highest BCUT2D eigenvalue weighted by atomic mass is 32.2. The van der Waals surface area contributed by atoms with Gasteiger partial charge in [-0.3, -0.25) is 9.10 Å². The van der Waals surface area contributed by atoms with Gasteiger partial charge >= 0.3 is 0 Å². The van der Waals surface area contributed by atoms with Crippen LogP contribution in [0.5, 0.6) is 11.5 Å². The predicted molar refractivity (Wildman–Crippen MR) is 114 cm³/mol. The lowest BCUT2D eigenvalue weighted by Crippen LogP contribution is -2.41. The summed E-state index contributed by atoms with van der Waals surface area (Å²) in [4.78, 5) is 12.7. The van der Waals surface area contributed by atoms with Crippen LogP contribution in [0.4, 0.5) is 5.69 Å². The minimum absolute atomic E-state index is 0.237. The second kappa shape index (κ2) is 9.65. The summed E-state index contributed by atoms with van der Waals surface area (Å²) in [7, 11) is -0.551. The van der Waals surface area contributed by atoms with Crippen LogP contribution in [0.1, 0.15) is 30.5 Å². The van der Waals surface area contributed by atoms with Gasteiger partial charge in [-0.2, -0.15) is 0 Å². The summed E-state index contributed by atoms with van der Waals surface area (Å²) in [6, 6.07) is 12.1. The normalized spacial score (nSPS) is 12.2. The van der Waals surface area contributed by atoms with E-state index in [1.807, 2.05) is 32.0 Å². The van der Waals surface area contributed by atoms with Gasteiger partial charge in [0.25, 0.3) is 0 Å². The van der Waals surface area contributed by atoms with Crippen molar-refractivity contribution < 1.29 is 22.7 Å². The number of nitrogens with zero attached hydrogens (tertiary/aromatic N) is 1. The molecule has 0 aliphatic carbocycles. The molecule has 0 aliphatic heterocycles. The number of aryl methyl sites for hydroxylation is 1. The SMILES string of the molecule is CCC(NC(=O)CN(c1cccc(OC)c1)S(C)(=O)=O)c1ccc(OC)c(C)c1. The molecule has 0 saturated heterocycles. The van der Waals surface area contributed by atoms with Gasteiger partial charge < -0.3 is 14.8 Å². The zero-order valence-corrected chi connectivity index (χ0v) is 18.2. The van der Waals surface area contributed by atoms with Crippen molar-refractivity contribution in [2.24, 2.45) is 0 Å². The molecular formula is C21H28N2O5S. The molecule has 29 heavy (non-hydrogen) atoms. The Balaban J connectivity index is 2.21. The number of rotatable bonds is 9. The molecule has 2 rings (SSSR count). The first-order valence-corrected chi connectivity index (χ1v) is 11.1. The van der Waals surface area contributed by atoms with E-state index in [0.29, 0.717) is 17.9 Å². The first-order valence-electron chi connectivity index (χ1n) is 9.25. The van der Waals surface area contributed by atoms with Crippen molar-refractivity contribution in [3.05, 3.63) is 53.6 Å². The van der Waals surface area contributed by atoms with Crippen molar-refractivity contribution in [3.63, 3.8) is 0 Å². The van der Waals surface area contributed by atoms with Crippen LogP contribution in [-0.2, 0) is 14.8 Å². The fraction of sp³-hybridized carbons (Fsp3) is 0.381. The van der Waals surface area contributed by atoms with Crippen molar-refractivity contribution in [1.29, 1.82) is 0 Å². The first-order chi connectivity index (χ1) is 13.7. The highest BCUT2D eigenvalue weighted by Crippen LogP contribution is 2.25. The molecule has 8 heteroatoms. The van der Waals surface area contributed by atoms with Crippen molar-refractivity contribution >= 4 is 21.6 Å². The summed E-state index contributed by atoms with van der Waals surface area (Å²) in [5.74, 6) is 0.895. The molecule has 0 aliphatic rings. The van der Waals surface area contributed by atoms with Gasteiger partial charge in [-0.25, -0.2) is 8.42 Å². The van der Waals surface area contributed by atoms with Gasteiger partial charge in [0.15, 0.2) is 0 Å². The van der Waals surface area contributed by atoms with E-state index in [1.165, 1.54) is 7.11 Å². The van der Waals surface area contributed by atoms with E-state index in [2.05, 4.69) is 5.32 Å². The molecule has 0 heterocycles. The second-order valence-corrected chi connectivity index (χ2v) is 8.64. The predicted octanol–water partition coefficient (Wildman–Crippen LogP) is 3.05. The molecule has 2 aromatic carbocycles. The number of amides is 1. The lowest BCUT2D eigenvalue weighted by atomic mass is 10.0. The molecule has 0 aromatic heterocycles. The number of hydrogen-bond donors (Lipinski definition) is 1. The molecule has 2 aromatic rings. The van der Waals surface area contributed by atoms with Crippen LogP contribution < -0.4 is 19.1 Å². The van der Waals surface area contributed by atoms with Crippen molar-refractivity contribution in [2.75, 3.05) is 31.3 Å². The molecule has 0 radical (unpaired) electrons. The maximum Gasteiger partial charge on any atom is 0.241 e. The van der Waals surface area contributed by atoms with Gasteiger partial charge in [-0.05, 0) is 42.7 Å². The number of ether oxygens (including phenoxy) is 2. The van der Waals surface area contributed by atoms with E-state index >= 15 is 0 Å². The number of carbonyl (C=O) groups excluding carboxylic acids is 1. The van der Waals surface area contributed by atoms with E-state index in [4.69, 9.17) is 9.47 Å². The molecule has 7 nitrogen and oxygen atoms in total. The minimum atomic E-state index is -3.66. The highest BCUT2D eigenvalue weighted by molar-refractivity contribution is 7.92. The third-order valence-electron chi connectivity index (χ3n) is 4.59. The zero-order chi connectivity index (χ0) is 21.6. The molecule has 0 spiro atoms. The minimum Gasteiger partial charge on any atom is -0.497 e. The van der Waals surface area contributed by atoms with E-state index in [9.17, 15) is 13.2 Å². The van der Waals surface area contributed by atoms with Gasteiger partial charge in [-0.15, -0.1) is 0 Å². The maximum absolute atomic E-state index is 12.7. The molecular weight excluding hydrogens is 392 g/mol. The number of hydrogen-bond acceptors (Lipinski definition) is 5. The van der Waals surface area contributed by atoms with Crippen LogP contribution in [0.2, 0.25) is 0 Å². The molecule has 158 valence electrons. The summed E-state index contributed by atoms with van der Waals surface area (Å²) in [5, 5.41) is 2.93. The van der Waals surface area contributed by atoms with Gasteiger partial charge in [0.2, 0.25) is 15.9 Å². The number of benzene rings is 2. The molecule has 0 fully saturated rings. The molecule has 0 saturated carbocycles. The Labute approximate surface area is 172 Å². The summed E-state index contributed by atoms with van der Waals surface area (Å²) in [5.41, 5.74) is 2.27. The van der Waals surface area contributed by atoms with E-state index in [0.717, 1.165) is 27.4 Å². The Morgan fingerprint density at radius 3 is 2.41 bits per heavy atom. The topological polar surface area (TPSA) is 84.9 Å². The van der Waals surface area contributed by atoms with Crippen LogP contribution in [0.15, 0.2) is 42.5 Å². The molecule has 1 N–H and O–H groups in total. The standard InChI is InChI=1S/C21H28N2O5S/c1-6-19(16-10-11-20(28-4)15(2)12-16)22-21(24)14-23(29(5,25)26)17-8-7-9-18(13-17)27-3/h7-13,19H,6,14H2,1-5H3,(H,22,24). The van der Waals surface area contributed by atoms with Gasteiger partial charge in [-0.1, -0.05) is 25.1 Å². The lowest BCUT2D eigenvalue weighted by molar-refractivity contribution is -0.120.